The van der Waals surface area contributed by atoms with Crippen LogP contribution in [0.15, 0.2) is 36.5 Å². The molecule has 1 aliphatic rings. The van der Waals surface area contributed by atoms with Gasteiger partial charge in [0.25, 0.3) is 0 Å². The van der Waals surface area contributed by atoms with Gasteiger partial charge in [0.05, 0.1) is 4.92 Å². The van der Waals surface area contributed by atoms with E-state index in [9.17, 15) is 10.1 Å². The van der Waals surface area contributed by atoms with Crippen LogP contribution in [0.4, 0.5) is 17.5 Å². The Kier molecular flexibility index (Phi) is 3.39. The summed E-state index contributed by atoms with van der Waals surface area (Å²) in [5, 5.41) is 11.1. The SMILES string of the molecule is Nc1ncc([N+](=O)[O-])c(N2CCC(c3ccccc3)C2)n1. The fourth-order valence-corrected chi connectivity index (χ4v) is 2.69. The van der Waals surface area contributed by atoms with Gasteiger partial charge in [-0.1, -0.05) is 30.3 Å². The van der Waals surface area contributed by atoms with Gasteiger partial charge in [-0.15, -0.1) is 0 Å². The Balaban J connectivity index is 1.86. The van der Waals surface area contributed by atoms with Crippen LogP contribution in [-0.4, -0.2) is 28.0 Å². The van der Waals surface area contributed by atoms with Crippen LogP contribution >= 0.6 is 0 Å². The number of hydrogen-bond acceptors (Lipinski definition) is 6. The van der Waals surface area contributed by atoms with Crippen molar-refractivity contribution in [1.29, 1.82) is 0 Å². The number of nitrogen functional groups attached to an aromatic ring is 1. The molecule has 0 bridgehead atoms. The molecule has 0 aliphatic carbocycles. The molecular formula is C14H15N5O2. The van der Waals surface area contributed by atoms with Gasteiger partial charge in [0.2, 0.25) is 11.8 Å². The third-order valence-electron chi connectivity index (χ3n) is 3.72. The van der Waals surface area contributed by atoms with E-state index in [0.717, 1.165) is 13.0 Å². The lowest BCUT2D eigenvalue weighted by Crippen LogP contribution is -2.22. The van der Waals surface area contributed by atoms with E-state index in [4.69, 9.17) is 5.73 Å². The van der Waals surface area contributed by atoms with Gasteiger partial charge in [0.15, 0.2) is 0 Å². The standard InChI is InChI=1S/C14H15N5O2/c15-14-16-8-12(19(20)21)13(17-14)18-7-6-11(9-18)10-4-2-1-3-5-10/h1-5,8,11H,6-7,9H2,(H2,15,16,17). The molecule has 1 fully saturated rings. The van der Waals surface area contributed by atoms with Crippen LogP contribution < -0.4 is 10.6 Å². The van der Waals surface area contributed by atoms with Crippen molar-refractivity contribution in [1.82, 2.24) is 9.97 Å². The summed E-state index contributed by atoms with van der Waals surface area (Å²) in [5.41, 5.74) is 6.71. The van der Waals surface area contributed by atoms with Crippen molar-refractivity contribution in [2.24, 2.45) is 0 Å². The van der Waals surface area contributed by atoms with E-state index >= 15 is 0 Å². The fourth-order valence-electron chi connectivity index (χ4n) is 2.69. The minimum absolute atomic E-state index is 0.0544. The Morgan fingerprint density at radius 2 is 2.10 bits per heavy atom. The zero-order valence-electron chi connectivity index (χ0n) is 11.3. The average Bonchev–Trinajstić information content (AvgIpc) is 2.97. The van der Waals surface area contributed by atoms with Crippen LogP contribution in [0.1, 0.15) is 17.9 Å². The second-order valence-corrected chi connectivity index (χ2v) is 5.04. The molecule has 7 nitrogen and oxygen atoms in total. The number of nitro groups is 1. The van der Waals surface area contributed by atoms with Crippen LogP contribution in [-0.2, 0) is 0 Å². The van der Waals surface area contributed by atoms with Crippen LogP contribution in [0.5, 0.6) is 0 Å². The van der Waals surface area contributed by atoms with Crippen molar-refractivity contribution >= 4 is 17.5 Å². The lowest BCUT2D eigenvalue weighted by molar-refractivity contribution is -0.384. The van der Waals surface area contributed by atoms with E-state index < -0.39 is 4.92 Å². The Hall–Kier alpha value is -2.70. The first-order valence-corrected chi connectivity index (χ1v) is 6.72. The van der Waals surface area contributed by atoms with Gasteiger partial charge in [-0.2, -0.15) is 4.98 Å². The zero-order valence-corrected chi connectivity index (χ0v) is 11.3. The Morgan fingerprint density at radius 1 is 1.33 bits per heavy atom. The van der Waals surface area contributed by atoms with Crippen LogP contribution in [0.2, 0.25) is 0 Å². The fraction of sp³-hybridized carbons (Fsp3) is 0.286. The number of hydrogen-bond donors (Lipinski definition) is 1. The van der Waals surface area contributed by atoms with Gasteiger partial charge in [-0.3, -0.25) is 10.1 Å². The zero-order chi connectivity index (χ0) is 14.8. The van der Waals surface area contributed by atoms with Gasteiger partial charge in [0.1, 0.15) is 6.20 Å². The topological polar surface area (TPSA) is 98.2 Å². The maximum atomic E-state index is 11.1. The summed E-state index contributed by atoms with van der Waals surface area (Å²) in [6.07, 6.45) is 2.11. The molecule has 2 N–H and O–H groups in total. The van der Waals surface area contributed by atoms with E-state index in [1.54, 1.807) is 0 Å². The van der Waals surface area contributed by atoms with E-state index in [2.05, 4.69) is 22.1 Å². The Labute approximate surface area is 121 Å². The first kappa shape index (κ1) is 13.3. The molecule has 1 saturated heterocycles. The molecule has 2 heterocycles. The molecule has 1 atom stereocenters. The second kappa shape index (κ2) is 5.35. The normalized spacial score (nSPS) is 17.9. The molecule has 108 valence electrons. The highest BCUT2D eigenvalue weighted by Gasteiger charge is 2.30. The molecule has 0 amide bonds. The van der Waals surface area contributed by atoms with Crippen molar-refractivity contribution in [3.05, 3.63) is 52.2 Å². The Morgan fingerprint density at radius 3 is 2.81 bits per heavy atom. The Bertz CT molecular complexity index is 662. The van der Waals surface area contributed by atoms with E-state index in [1.165, 1.54) is 11.8 Å². The van der Waals surface area contributed by atoms with Crippen LogP contribution in [0, 0.1) is 10.1 Å². The smallest absolute Gasteiger partial charge is 0.329 e. The molecule has 21 heavy (non-hydrogen) atoms. The summed E-state index contributed by atoms with van der Waals surface area (Å²) >= 11 is 0. The highest BCUT2D eigenvalue weighted by atomic mass is 16.6. The highest BCUT2D eigenvalue weighted by molar-refractivity contribution is 5.59. The predicted molar refractivity (Wildman–Crippen MR) is 79.1 cm³/mol. The summed E-state index contributed by atoms with van der Waals surface area (Å²) in [6.45, 7) is 1.41. The number of nitrogens with zero attached hydrogens (tertiary/aromatic N) is 4. The molecule has 0 radical (unpaired) electrons. The van der Waals surface area contributed by atoms with Crippen molar-refractivity contribution in [3.8, 4) is 0 Å². The molecule has 0 saturated carbocycles. The molecule has 1 aromatic carbocycles. The molecule has 3 rings (SSSR count). The monoisotopic (exact) mass is 285 g/mol. The van der Waals surface area contributed by atoms with Gasteiger partial charge in [0, 0.05) is 19.0 Å². The third-order valence-corrected chi connectivity index (χ3v) is 3.72. The predicted octanol–water partition coefficient (Wildman–Crippen LogP) is 1.96. The molecule has 1 unspecified atom stereocenters. The number of anilines is 2. The summed E-state index contributed by atoms with van der Waals surface area (Å²) in [7, 11) is 0. The molecule has 2 aromatic rings. The molecule has 1 aromatic heterocycles. The van der Waals surface area contributed by atoms with Gasteiger partial charge in [-0.25, -0.2) is 4.98 Å². The van der Waals surface area contributed by atoms with Crippen molar-refractivity contribution < 1.29 is 4.92 Å². The lowest BCUT2D eigenvalue weighted by atomic mass is 9.99. The molecular weight excluding hydrogens is 270 g/mol. The molecule has 0 spiro atoms. The molecule has 7 heteroatoms. The van der Waals surface area contributed by atoms with Gasteiger partial charge < -0.3 is 10.6 Å². The maximum Gasteiger partial charge on any atom is 0.329 e. The minimum atomic E-state index is -0.468. The third kappa shape index (κ3) is 2.62. The lowest BCUT2D eigenvalue weighted by Gasteiger charge is -2.17. The number of rotatable bonds is 3. The van der Waals surface area contributed by atoms with E-state index in [1.807, 2.05) is 23.1 Å². The number of benzene rings is 1. The largest absolute Gasteiger partial charge is 0.368 e. The summed E-state index contributed by atoms with van der Waals surface area (Å²) in [4.78, 5) is 20.3. The van der Waals surface area contributed by atoms with E-state index in [0.29, 0.717) is 18.3 Å². The summed E-state index contributed by atoms with van der Waals surface area (Å²) in [6, 6.07) is 10.1. The maximum absolute atomic E-state index is 11.1. The minimum Gasteiger partial charge on any atom is -0.368 e. The second-order valence-electron chi connectivity index (χ2n) is 5.04. The first-order valence-electron chi connectivity index (χ1n) is 6.72. The average molecular weight is 285 g/mol. The van der Waals surface area contributed by atoms with Gasteiger partial charge >= 0.3 is 5.69 Å². The first-order chi connectivity index (χ1) is 10.1. The quantitative estimate of drug-likeness (QED) is 0.683. The molecule has 1 aliphatic heterocycles. The van der Waals surface area contributed by atoms with Crippen molar-refractivity contribution in [2.45, 2.75) is 12.3 Å². The highest BCUT2D eigenvalue weighted by Crippen LogP contribution is 2.34. The van der Waals surface area contributed by atoms with Crippen LogP contribution in [0.3, 0.4) is 0 Å². The number of nitrogens with two attached hydrogens (primary N) is 1. The van der Waals surface area contributed by atoms with E-state index in [-0.39, 0.29) is 11.6 Å². The summed E-state index contributed by atoms with van der Waals surface area (Å²) < 4.78 is 0. The summed E-state index contributed by atoms with van der Waals surface area (Å²) in [5.74, 6) is 0.715. The van der Waals surface area contributed by atoms with Crippen molar-refractivity contribution in [3.63, 3.8) is 0 Å². The number of aromatic nitrogens is 2. The van der Waals surface area contributed by atoms with Crippen molar-refractivity contribution in [2.75, 3.05) is 23.7 Å². The van der Waals surface area contributed by atoms with Crippen LogP contribution in [0.25, 0.3) is 0 Å². The van der Waals surface area contributed by atoms with Gasteiger partial charge in [-0.05, 0) is 12.0 Å².